The van der Waals surface area contributed by atoms with E-state index in [0.717, 1.165) is 38.0 Å². The van der Waals surface area contributed by atoms with E-state index in [4.69, 9.17) is 15.2 Å². The molecule has 0 heterocycles. The highest BCUT2D eigenvalue weighted by Crippen LogP contribution is 2.31. The molecule has 5 heteroatoms. The highest BCUT2D eigenvalue weighted by molar-refractivity contribution is 9.11. The van der Waals surface area contributed by atoms with Crippen LogP contribution in [0.4, 0.5) is 0 Å². The molecule has 0 amide bonds. The average Bonchev–Trinajstić information content (AvgIpc) is 2.46. The Kier molecular flexibility index (Phi) is 5.67. The Morgan fingerprint density at radius 1 is 1.00 bits per heavy atom. The predicted octanol–water partition coefficient (Wildman–Crippen LogP) is 4.47. The first-order chi connectivity index (χ1) is 10.0. The van der Waals surface area contributed by atoms with Crippen molar-refractivity contribution in [2.45, 2.75) is 12.5 Å². The summed E-state index contributed by atoms with van der Waals surface area (Å²) in [6.07, 6.45) is 0.723. The zero-order chi connectivity index (χ0) is 15.4. The Morgan fingerprint density at radius 3 is 2.33 bits per heavy atom. The van der Waals surface area contributed by atoms with E-state index >= 15 is 0 Å². The van der Waals surface area contributed by atoms with Gasteiger partial charge in [0.25, 0.3) is 0 Å². The zero-order valence-electron chi connectivity index (χ0n) is 11.9. The summed E-state index contributed by atoms with van der Waals surface area (Å²) in [4.78, 5) is 0. The summed E-state index contributed by atoms with van der Waals surface area (Å²) < 4.78 is 12.6. The largest absolute Gasteiger partial charge is 0.493 e. The van der Waals surface area contributed by atoms with Crippen LogP contribution in [-0.2, 0) is 6.42 Å². The Balaban J connectivity index is 2.21. The van der Waals surface area contributed by atoms with E-state index in [1.807, 2.05) is 36.4 Å². The molecule has 0 saturated carbocycles. The van der Waals surface area contributed by atoms with E-state index < -0.39 is 0 Å². The van der Waals surface area contributed by atoms with E-state index in [9.17, 15) is 0 Å². The van der Waals surface area contributed by atoms with Crippen molar-refractivity contribution in [2.75, 3.05) is 14.2 Å². The SMILES string of the molecule is COc1ccc(CC(N)c2ccc(Br)cc2Br)cc1OC. The van der Waals surface area contributed by atoms with Crippen LogP contribution in [0.3, 0.4) is 0 Å². The fourth-order valence-electron chi connectivity index (χ4n) is 2.17. The number of benzene rings is 2. The molecular formula is C16H17Br2NO2. The van der Waals surface area contributed by atoms with Gasteiger partial charge in [0.1, 0.15) is 0 Å². The Labute approximate surface area is 141 Å². The van der Waals surface area contributed by atoms with Gasteiger partial charge in [-0.2, -0.15) is 0 Å². The Bertz CT molecular complexity index is 632. The van der Waals surface area contributed by atoms with Crippen molar-refractivity contribution in [1.82, 2.24) is 0 Å². The minimum atomic E-state index is -0.0921. The minimum Gasteiger partial charge on any atom is -0.493 e. The first-order valence-electron chi connectivity index (χ1n) is 6.46. The molecule has 2 aromatic carbocycles. The van der Waals surface area contributed by atoms with Crippen molar-refractivity contribution in [3.05, 3.63) is 56.5 Å². The monoisotopic (exact) mass is 413 g/mol. The highest BCUT2D eigenvalue weighted by atomic mass is 79.9. The molecule has 0 bridgehead atoms. The molecule has 0 radical (unpaired) electrons. The van der Waals surface area contributed by atoms with E-state index in [2.05, 4.69) is 31.9 Å². The standard InChI is InChI=1S/C16H17Br2NO2/c1-20-15-6-3-10(8-16(15)21-2)7-14(19)12-5-4-11(17)9-13(12)18/h3-6,8-9,14H,7,19H2,1-2H3. The normalized spacial score (nSPS) is 12.0. The van der Waals surface area contributed by atoms with E-state index in [1.54, 1.807) is 14.2 Å². The molecule has 112 valence electrons. The van der Waals surface area contributed by atoms with Gasteiger partial charge in [0.2, 0.25) is 0 Å². The second kappa shape index (κ2) is 7.29. The van der Waals surface area contributed by atoms with Crippen LogP contribution < -0.4 is 15.2 Å². The van der Waals surface area contributed by atoms with Gasteiger partial charge in [-0.05, 0) is 41.8 Å². The number of ether oxygens (including phenoxy) is 2. The summed E-state index contributed by atoms with van der Waals surface area (Å²) in [5.74, 6) is 1.44. The van der Waals surface area contributed by atoms with Gasteiger partial charge in [-0.25, -0.2) is 0 Å². The number of methoxy groups -OCH3 is 2. The molecule has 2 aromatic rings. The summed E-state index contributed by atoms with van der Waals surface area (Å²) in [6, 6.07) is 11.8. The van der Waals surface area contributed by atoms with Gasteiger partial charge in [0, 0.05) is 15.0 Å². The summed E-state index contributed by atoms with van der Waals surface area (Å²) in [6.45, 7) is 0. The fourth-order valence-corrected chi connectivity index (χ4v) is 3.51. The van der Waals surface area contributed by atoms with E-state index in [1.165, 1.54) is 0 Å². The molecule has 0 saturated heterocycles. The molecule has 0 aliphatic rings. The second-order valence-electron chi connectivity index (χ2n) is 4.67. The van der Waals surface area contributed by atoms with Crippen LogP contribution >= 0.6 is 31.9 Å². The molecule has 1 atom stereocenters. The molecule has 0 aliphatic carbocycles. The third-order valence-electron chi connectivity index (χ3n) is 3.27. The molecule has 3 nitrogen and oxygen atoms in total. The van der Waals surface area contributed by atoms with Crippen LogP contribution in [0.5, 0.6) is 11.5 Å². The van der Waals surface area contributed by atoms with Crippen molar-refractivity contribution >= 4 is 31.9 Å². The van der Waals surface area contributed by atoms with Crippen molar-refractivity contribution in [3.8, 4) is 11.5 Å². The maximum Gasteiger partial charge on any atom is 0.160 e. The van der Waals surface area contributed by atoms with Gasteiger partial charge in [-0.15, -0.1) is 0 Å². The predicted molar refractivity (Wildman–Crippen MR) is 92.0 cm³/mol. The maximum atomic E-state index is 6.32. The first kappa shape index (κ1) is 16.3. The Morgan fingerprint density at radius 2 is 1.71 bits per heavy atom. The number of hydrogen-bond donors (Lipinski definition) is 1. The van der Waals surface area contributed by atoms with Crippen LogP contribution in [0.25, 0.3) is 0 Å². The zero-order valence-corrected chi connectivity index (χ0v) is 15.1. The quantitative estimate of drug-likeness (QED) is 0.784. The van der Waals surface area contributed by atoms with Crippen LogP contribution in [-0.4, -0.2) is 14.2 Å². The van der Waals surface area contributed by atoms with Crippen molar-refractivity contribution in [3.63, 3.8) is 0 Å². The lowest BCUT2D eigenvalue weighted by atomic mass is 9.99. The molecule has 2 rings (SSSR count). The molecule has 21 heavy (non-hydrogen) atoms. The van der Waals surface area contributed by atoms with E-state index in [-0.39, 0.29) is 6.04 Å². The summed E-state index contributed by atoms with van der Waals surface area (Å²) in [7, 11) is 3.26. The minimum absolute atomic E-state index is 0.0921. The third-order valence-corrected chi connectivity index (χ3v) is 4.45. The Hall–Kier alpha value is -1.04. The van der Waals surface area contributed by atoms with Crippen molar-refractivity contribution < 1.29 is 9.47 Å². The van der Waals surface area contributed by atoms with Gasteiger partial charge in [-0.1, -0.05) is 44.0 Å². The molecular weight excluding hydrogens is 398 g/mol. The van der Waals surface area contributed by atoms with Gasteiger partial charge in [-0.3, -0.25) is 0 Å². The van der Waals surface area contributed by atoms with Gasteiger partial charge in [0.15, 0.2) is 11.5 Å². The van der Waals surface area contributed by atoms with Crippen LogP contribution in [0.15, 0.2) is 45.3 Å². The lowest BCUT2D eigenvalue weighted by Crippen LogP contribution is -2.14. The molecule has 0 spiro atoms. The smallest absolute Gasteiger partial charge is 0.160 e. The topological polar surface area (TPSA) is 44.5 Å². The van der Waals surface area contributed by atoms with Gasteiger partial charge >= 0.3 is 0 Å². The molecule has 1 unspecified atom stereocenters. The third kappa shape index (κ3) is 3.99. The van der Waals surface area contributed by atoms with Gasteiger partial charge < -0.3 is 15.2 Å². The number of rotatable bonds is 5. The summed E-state index contributed by atoms with van der Waals surface area (Å²) >= 11 is 7.00. The van der Waals surface area contributed by atoms with Gasteiger partial charge in [0.05, 0.1) is 14.2 Å². The second-order valence-corrected chi connectivity index (χ2v) is 6.44. The first-order valence-corrected chi connectivity index (χ1v) is 8.05. The van der Waals surface area contributed by atoms with Crippen LogP contribution in [0.1, 0.15) is 17.2 Å². The van der Waals surface area contributed by atoms with E-state index in [0.29, 0.717) is 0 Å². The molecule has 2 N–H and O–H groups in total. The number of hydrogen-bond acceptors (Lipinski definition) is 3. The van der Waals surface area contributed by atoms with Crippen LogP contribution in [0, 0.1) is 0 Å². The fraction of sp³-hybridized carbons (Fsp3) is 0.250. The average molecular weight is 415 g/mol. The number of nitrogens with two attached hydrogens (primary N) is 1. The highest BCUT2D eigenvalue weighted by Gasteiger charge is 2.13. The van der Waals surface area contributed by atoms with Crippen molar-refractivity contribution in [1.29, 1.82) is 0 Å². The summed E-state index contributed by atoms with van der Waals surface area (Å²) in [5.41, 5.74) is 8.51. The lowest BCUT2D eigenvalue weighted by Gasteiger charge is -2.16. The molecule has 0 aliphatic heterocycles. The molecule has 0 fully saturated rings. The lowest BCUT2D eigenvalue weighted by molar-refractivity contribution is 0.354. The maximum absolute atomic E-state index is 6.32. The van der Waals surface area contributed by atoms with Crippen LogP contribution in [0.2, 0.25) is 0 Å². The summed E-state index contributed by atoms with van der Waals surface area (Å²) in [5, 5.41) is 0. The number of halogens is 2. The molecule has 0 aromatic heterocycles. The van der Waals surface area contributed by atoms with Crippen molar-refractivity contribution in [2.24, 2.45) is 5.73 Å².